The van der Waals surface area contributed by atoms with Crippen molar-refractivity contribution in [3.05, 3.63) is 51.6 Å². The van der Waals surface area contributed by atoms with Crippen LogP contribution in [0.3, 0.4) is 0 Å². The van der Waals surface area contributed by atoms with Gasteiger partial charge in [-0.2, -0.15) is 0 Å². The summed E-state index contributed by atoms with van der Waals surface area (Å²) in [5.41, 5.74) is 0.999. The molecule has 3 nitrogen and oxygen atoms in total. The first-order valence-corrected chi connectivity index (χ1v) is 6.43. The number of aromatic nitrogens is 1. The van der Waals surface area contributed by atoms with Crippen LogP contribution in [0.2, 0.25) is 5.02 Å². The third-order valence-corrected chi connectivity index (χ3v) is 2.99. The van der Waals surface area contributed by atoms with Gasteiger partial charge < -0.3 is 9.47 Å². The average Bonchev–Trinajstić information content (AvgIpc) is 2.36. The van der Waals surface area contributed by atoms with Crippen molar-refractivity contribution in [2.75, 3.05) is 7.11 Å². The molecule has 0 saturated carbocycles. The molecule has 0 N–H and O–H groups in total. The largest absolute Gasteiger partial charge is 0.437 e. The Hall–Kier alpha value is -1.10. The summed E-state index contributed by atoms with van der Waals surface area (Å²) in [5.74, 6) is 1.07. The van der Waals surface area contributed by atoms with Gasteiger partial charge in [-0.25, -0.2) is 4.98 Å². The number of ether oxygens (including phenoxy) is 2. The van der Waals surface area contributed by atoms with E-state index < -0.39 is 0 Å². The van der Waals surface area contributed by atoms with E-state index in [-0.39, 0.29) is 0 Å². The average molecular weight is 329 g/mol. The Labute approximate surface area is 119 Å². The lowest BCUT2D eigenvalue weighted by Gasteiger charge is -2.08. The van der Waals surface area contributed by atoms with Crippen molar-refractivity contribution < 1.29 is 9.47 Å². The van der Waals surface area contributed by atoms with Gasteiger partial charge in [0.15, 0.2) is 0 Å². The summed E-state index contributed by atoms with van der Waals surface area (Å²) in [5, 5.41) is 0.536. The molecule has 0 saturated heterocycles. The van der Waals surface area contributed by atoms with Crippen LogP contribution in [0.15, 0.2) is 41.0 Å². The van der Waals surface area contributed by atoms with E-state index in [4.69, 9.17) is 21.1 Å². The van der Waals surface area contributed by atoms with E-state index in [1.54, 1.807) is 25.4 Å². The van der Waals surface area contributed by atoms with Gasteiger partial charge in [0.05, 0.1) is 11.6 Å². The Bertz CT molecular complexity index is 531. The Morgan fingerprint density at radius 1 is 1.28 bits per heavy atom. The van der Waals surface area contributed by atoms with Crippen molar-refractivity contribution in [1.29, 1.82) is 0 Å². The molecule has 2 rings (SSSR count). The Kier molecular flexibility index (Phi) is 4.58. The molecule has 0 aliphatic rings. The van der Waals surface area contributed by atoms with Crippen molar-refractivity contribution in [3.8, 4) is 11.6 Å². The summed E-state index contributed by atoms with van der Waals surface area (Å²) in [4.78, 5) is 4.12. The van der Waals surface area contributed by atoms with E-state index >= 15 is 0 Å². The molecule has 0 aliphatic carbocycles. The van der Waals surface area contributed by atoms with Crippen LogP contribution in [0, 0.1) is 0 Å². The fraction of sp³-hybridized carbons (Fsp3) is 0.154. The van der Waals surface area contributed by atoms with E-state index in [1.807, 2.05) is 18.2 Å². The smallest absolute Gasteiger partial charge is 0.219 e. The zero-order chi connectivity index (χ0) is 13.0. The molecule has 0 bridgehead atoms. The van der Waals surface area contributed by atoms with Gasteiger partial charge in [0, 0.05) is 23.8 Å². The van der Waals surface area contributed by atoms with Gasteiger partial charge >= 0.3 is 0 Å². The molecule has 0 spiro atoms. The number of rotatable bonds is 4. The third-order valence-electron chi connectivity index (χ3n) is 2.22. The van der Waals surface area contributed by atoms with Gasteiger partial charge in [0.25, 0.3) is 0 Å². The van der Waals surface area contributed by atoms with Gasteiger partial charge in [-0.05, 0) is 39.7 Å². The minimum absolute atomic E-state index is 0.500. The molecule has 1 aromatic carbocycles. The van der Waals surface area contributed by atoms with Gasteiger partial charge in [-0.15, -0.1) is 0 Å². The molecular formula is C13H11BrClNO2. The van der Waals surface area contributed by atoms with Gasteiger partial charge in [-0.1, -0.05) is 17.7 Å². The number of benzene rings is 1. The summed E-state index contributed by atoms with van der Waals surface area (Å²) in [6.45, 7) is 0.524. The maximum Gasteiger partial charge on any atom is 0.219 e. The first-order chi connectivity index (χ1) is 8.69. The molecule has 1 aromatic heterocycles. The second kappa shape index (κ2) is 6.18. The zero-order valence-corrected chi connectivity index (χ0v) is 12.0. The zero-order valence-electron chi connectivity index (χ0n) is 9.69. The fourth-order valence-corrected chi connectivity index (χ4v) is 1.90. The van der Waals surface area contributed by atoms with Crippen LogP contribution in [-0.2, 0) is 11.3 Å². The molecular weight excluding hydrogens is 318 g/mol. The van der Waals surface area contributed by atoms with E-state index in [2.05, 4.69) is 20.9 Å². The van der Waals surface area contributed by atoms with Crippen molar-refractivity contribution >= 4 is 27.5 Å². The van der Waals surface area contributed by atoms with E-state index in [0.717, 1.165) is 10.0 Å². The number of nitrogens with zero attached hydrogens (tertiary/aromatic N) is 1. The SMILES string of the molecule is COCc1ccc(Oc2ccc(Br)cn2)c(Cl)c1. The molecule has 0 radical (unpaired) electrons. The van der Waals surface area contributed by atoms with Crippen molar-refractivity contribution in [2.45, 2.75) is 6.61 Å². The Balaban J connectivity index is 2.16. The lowest BCUT2D eigenvalue weighted by molar-refractivity contribution is 0.185. The van der Waals surface area contributed by atoms with Crippen LogP contribution in [0.4, 0.5) is 0 Å². The lowest BCUT2D eigenvalue weighted by Crippen LogP contribution is -1.91. The van der Waals surface area contributed by atoms with Crippen LogP contribution in [0.5, 0.6) is 11.6 Å². The quantitative estimate of drug-likeness (QED) is 0.831. The lowest BCUT2D eigenvalue weighted by atomic mass is 10.2. The number of halogens is 2. The molecule has 2 aromatic rings. The molecule has 0 amide bonds. The van der Waals surface area contributed by atoms with Crippen LogP contribution >= 0.6 is 27.5 Å². The summed E-state index contributed by atoms with van der Waals surface area (Å²) in [6, 6.07) is 9.15. The number of pyridine rings is 1. The number of hydrogen-bond donors (Lipinski definition) is 0. The Morgan fingerprint density at radius 2 is 2.11 bits per heavy atom. The highest BCUT2D eigenvalue weighted by atomic mass is 79.9. The molecule has 5 heteroatoms. The standard InChI is InChI=1S/C13H11BrClNO2/c1-17-8-9-2-4-12(11(15)6-9)18-13-5-3-10(14)7-16-13/h2-7H,8H2,1H3. The van der Waals surface area contributed by atoms with Crippen molar-refractivity contribution in [1.82, 2.24) is 4.98 Å². The van der Waals surface area contributed by atoms with Crippen molar-refractivity contribution in [2.24, 2.45) is 0 Å². The highest BCUT2D eigenvalue weighted by molar-refractivity contribution is 9.10. The van der Waals surface area contributed by atoms with Gasteiger partial charge in [0.2, 0.25) is 5.88 Å². The van der Waals surface area contributed by atoms with Gasteiger partial charge in [-0.3, -0.25) is 0 Å². The second-order valence-corrected chi connectivity index (χ2v) is 4.94. The summed E-state index contributed by atoms with van der Waals surface area (Å²) >= 11 is 9.44. The number of methoxy groups -OCH3 is 1. The highest BCUT2D eigenvalue weighted by Gasteiger charge is 2.05. The normalized spacial score (nSPS) is 10.4. The molecule has 0 atom stereocenters. The van der Waals surface area contributed by atoms with Crippen LogP contribution < -0.4 is 4.74 Å². The first-order valence-electron chi connectivity index (χ1n) is 5.26. The Morgan fingerprint density at radius 3 is 2.72 bits per heavy atom. The topological polar surface area (TPSA) is 31.4 Å². The van der Waals surface area contributed by atoms with E-state index in [9.17, 15) is 0 Å². The molecule has 18 heavy (non-hydrogen) atoms. The summed E-state index contributed by atoms with van der Waals surface area (Å²) < 4.78 is 11.5. The summed E-state index contributed by atoms with van der Waals surface area (Å²) in [6.07, 6.45) is 1.67. The summed E-state index contributed by atoms with van der Waals surface area (Å²) in [7, 11) is 1.64. The maximum absolute atomic E-state index is 6.13. The van der Waals surface area contributed by atoms with Crippen LogP contribution in [0.25, 0.3) is 0 Å². The van der Waals surface area contributed by atoms with Crippen LogP contribution in [0.1, 0.15) is 5.56 Å². The predicted molar refractivity (Wildman–Crippen MR) is 74.2 cm³/mol. The second-order valence-electron chi connectivity index (χ2n) is 3.61. The molecule has 0 aliphatic heterocycles. The molecule has 94 valence electrons. The monoisotopic (exact) mass is 327 g/mol. The van der Waals surface area contributed by atoms with Gasteiger partial charge in [0.1, 0.15) is 5.75 Å². The predicted octanol–water partition coefficient (Wildman–Crippen LogP) is 4.44. The third kappa shape index (κ3) is 3.45. The number of hydrogen-bond acceptors (Lipinski definition) is 3. The fourth-order valence-electron chi connectivity index (χ4n) is 1.42. The van der Waals surface area contributed by atoms with Crippen LogP contribution in [-0.4, -0.2) is 12.1 Å². The van der Waals surface area contributed by atoms with E-state index in [1.165, 1.54) is 0 Å². The first kappa shape index (κ1) is 13.3. The van der Waals surface area contributed by atoms with E-state index in [0.29, 0.717) is 23.3 Å². The molecule has 0 unspecified atom stereocenters. The minimum atomic E-state index is 0.500. The highest BCUT2D eigenvalue weighted by Crippen LogP contribution is 2.29. The maximum atomic E-state index is 6.13. The van der Waals surface area contributed by atoms with Crippen molar-refractivity contribution in [3.63, 3.8) is 0 Å². The molecule has 0 fully saturated rings. The molecule has 1 heterocycles. The minimum Gasteiger partial charge on any atom is -0.437 e.